The molecule has 1 unspecified atom stereocenters. The topological polar surface area (TPSA) is 63.4 Å². The summed E-state index contributed by atoms with van der Waals surface area (Å²) in [7, 11) is 0. The monoisotopic (exact) mass is 673 g/mol. The second kappa shape index (κ2) is 15.1. The van der Waals surface area contributed by atoms with Gasteiger partial charge >= 0.3 is 0 Å². The van der Waals surface area contributed by atoms with E-state index in [1.807, 2.05) is 12.1 Å². The van der Waals surface area contributed by atoms with Crippen LogP contribution in [0.3, 0.4) is 0 Å². The molecule has 0 saturated heterocycles. The highest BCUT2D eigenvalue weighted by molar-refractivity contribution is 8.23. The lowest BCUT2D eigenvalue weighted by molar-refractivity contribution is 0.104. The van der Waals surface area contributed by atoms with Crippen LogP contribution in [0.25, 0.3) is 6.08 Å². The highest BCUT2D eigenvalue weighted by atomic mass is 35.9. The fourth-order valence-corrected chi connectivity index (χ4v) is 21.5. The zero-order chi connectivity index (χ0) is 27.7. The normalized spacial score (nSPS) is 19.8. The summed E-state index contributed by atoms with van der Waals surface area (Å²) in [6, 6.07) is 14.3. The van der Waals surface area contributed by atoms with Crippen molar-refractivity contribution in [1.29, 1.82) is 0 Å². The second-order valence-electron chi connectivity index (χ2n) is 8.84. The van der Waals surface area contributed by atoms with E-state index in [1.165, 1.54) is 51.0 Å². The Kier molecular flexibility index (Phi) is 12.9. The van der Waals surface area contributed by atoms with Gasteiger partial charge in [-0.1, -0.05) is 70.1 Å². The highest BCUT2D eigenvalue weighted by Gasteiger charge is 2.33. The van der Waals surface area contributed by atoms with E-state index in [-0.39, 0.29) is 5.78 Å². The fraction of sp³-hybridized carbons (Fsp3) is 0.400. The molecule has 1 aliphatic rings. The highest BCUT2D eigenvalue weighted by Crippen LogP contribution is 2.86. The van der Waals surface area contributed by atoms with Gasteiger partial charge in [0.1, 0.15) is 5.75 Å². The molecule has 2 aromatic rings. The Labute approximate surface area is 249 Å². The maximum atomic E-state index is 12.6. The van der Waals surface area contributed by atoms with E-state index in [0.717, 1.165) is 17.7 Å². The summed E-state index contributed by atoms with van der Waals surface area (Å²) in [6.45, 7) is -0.0648. The Morgan fingerprint density at radius 2 is 1.34 bits per heavy atom. The summed E-state index contributed by atoms with van der Waals surface area (Å²) in [5.74, 6) is -5.54. The maximum absolute atomic E-state index is 12.6. The largest absolute Gasteiger partial charge is 0.494 e. The van der Waals surface area contributed by atoms with Gasteiger partial charge < -0.3 is 4.74 Å². The number of rotatable bonds is 14. The Morgan fingerprint density at radius 1 is 0.763 bits per heavy atom. The number of carbonyl (C=O) groups is 1. The van der Waals surface area contributed by atoms with Crippen LogP contribution in [0.1, 0.15) is 74.2 Å². The summed E-state index contributed by atoms with van der Waals surface area (Å²) < 4.78 is 18.3. The van der Waals surface area contributed by atoms with Gasteiger partial charge in [-0.2, -0.15) is 13.5 Å². The van der Waals surface area contributed by atoms with Crippen molar-refractivity contribution in [2.45, 2.75) is 58.3 Å². The number of nitrogens with zero attached hydrogens (tertiary/aromatic N) is 3. The van der Waals surface area contributed by atoms with E-state index in [1.54, 1.807) is 42.5 Å². The smallest absolute Gasteiger partial charge is 0.256 e. The van der Waals surface area contributed by atoms with Crippen LogP contribution < -0.4 is 10.0 Å². The molecule has 13 heteroatoms. The van der Waals surface area contributed by atoms with Crippen LogP contribution in [-0.2, 0) is 0 Å². The van der Waals surface area contributed by atoms with Crippen molar-refractivity contribution in [2.24, 2.45) is 13.5 Å². The molecular weight excluding hydrogens is 644 g/mol. The van der Waals surface area contributed by atoms with Gasteiger partial charge in [-0.05, 0) is 111 Å². The summed E-state index contributed by atoms with van der Waals surface area (Å²) in [5.41, 5.74) is 1.38. The molecule has 0 aromatic heterocycles. The van der Waals surface area contributed by atoms with Crippen molar-refractivity contribution in [3.63, 3.8) is 0 Å². The SMILES string of the molecule is CCCCCCCCCCOc1ccc(C(=O)/C=C/c2ccc(P3(Cl)=NP(Cl)(Cl)=NP(Cl)(Cl)=N3)cc2)cc1. The van der Waals surface area contributed by atoms with Crippen molar-refractivity contribution in [2.75, 3.05) is 6.61 Å². The molecule has 0 bridgehead atoms. The summed E-state index contributed by atoms with van der Waals surface area (Å²) in [5, 5.41) is 0.608. The predicted octanol–water partition coefficient (Wildman–Crippen LogP) is 12.9. The van der Waals surface area contributed by atoms with Gasteiger partial charge in [0.05, 0.1) is 6.61 Å². The first-order chi connectivity index (χ1) is 18.0. The van der Waals surface area contributed by atoms with Crippen LogP contribution in [0.4, 0.5) is 0 Å². The van der Waals surface area contributed by atoms with E-state index in [0.29, 0.717) is 17.5 Å². The molecule has 0 spiro atoms. The minimum absolute atomic E-state index is 0.110. The minimum atomic E-state index is -3.10. The zero-order valence-electron chi connectivity index (χ0n) is 21.0. The number of carbonyl (C=O) groups excluding carboxylic acids is 1. The van der Waals surface area contributed by atoms with Crippen LogP contribution in [0, 0.1) is 0 Å². The van der Waals surface area contributed by atoms with E-state index < -0.39 is 18.4 Å². The molecule has 0 fully saturated rings. The first-order valence-corrected chi connectivity index (χ1v) is 22.1. The van der Waals surface area contributed by atoms with Gasteiger partial charge in [0, 0.05) is 10.9 Å². The lowest BCUT2D eigenvalue weighted by Gasteiger charge is -2.21. The van der Waals surface area contributed by atoms with Crippen molar-refractivity contribution in [1.82, 2.24) is 0 Å². The molecule has 1 atom stereocenters. The molecule has 0 saturated carbocycles. The Balaban J connectivity index is 1.50. The van der Waals surface area contributed by atoms with Crippen molar-refractivity contribution in [3.05, 3.63) is 65.7 Å². The van der Waals surface area contributed by atoms with Gasteiger partial charge in [0.2, 0.25) is 0 Å². The van der Waals surface area contributed by atoms with Gasteiger partial charge in [-0.25, -0.2) is 0 Å². The molecule has 0 aliphatic carbocycles. The molecule has 0 amide bonds. The molecular formula is C25H31Cl5N3O2P3. The van der Waals surface area contributed by atoms with Crippen molar-refractivity contribution < 1.29 is 9.53 Å². The fourth-order valence-electron chi connectivity index (χ4n) is 3.76. The Bertz CT molecular complexity index is 1280. The Hall–Kier alpha value is -0.210. The molecule has 208 valence electrons. The van der Waals surface area contributed by atoms with Crippen LogP contribution in [-0.4, -0.2) is 12.4 Å². The molecule has 0 N–H and O–H groups in total. The second-order valence-corrected chi connectivity index (χ2v) is 22.5. The average Bonchev–Trinajstić information content (AvgIpc) is 2.85. The van der Waals surface area contributed by atoms with E-state index in [9.17, 15) is 4.79 Å². The molecule has 3 rings (SSSR count). The number of unbranched alkanes of at least 4 members (excludes halogenated alkanes) is 7. The number of hydrogen-bond acceptors (Lipinski definition) is 5. The third-order valence-corrected chi connectivity index (χ3v) is 18.7. The summed E-state index contributed by atoms with van der Waals surface area (Å²) in [6.07, 6.45) is 13.3. The third kappa shape index (κ3) is 10.6. The lowest BCUT2D eigenvalue weighted by atomic mass is 10.1. The van der Waals surface area contributed by atoms with E-state index in [2.05, 4.69) is 20.5 Å². The summed E-state index contributed by atoms with van der Waals surface area (Å²) in [4.78, 5) is 12.6. The predicted molar refractivity (Wildman–Crippen MR) is 171 cm³/mol. The standard InChI is InChI=1S/C25H31Cl5N3O2P3/c1-2-3-4-5-6-7-8-9-20-35-23-15-13-22(14-16-23)25(34)19-12-21-10-17-24(18-11-21)36(26)31-37(27,28)33-38(29,30)32-36/h10-19H,2-9,20H2,1H3/b19-12+. The molecule has 0 radical (unpaired) electrons. The first-order valence-electron chi connectivity index (χ1n) is 12.5. The molecule has 1 heterocycles. The van der Waals surface area contributed by atoms with Gasteiger partial charge in [0.15, 0.2) is 12.3 Å². The number of hydrogen-bond donors (Lipinski definition) is 0. The number of allylic oxidation sites excluding steroid dienone is 1. The van der Waals surface area contributed by atoms with Crippen LogP contribution in [0.15, 0.2) is 68.2 Å². The van der Waals surface area contributed by atoms with Gasteiger partial charge in [-0.15, -0.1) is 0 Å². The van der Waals surface area contributed by atoms with E-state index >= 15 is 0 Å². The molecule has 2 aromatic carbocycles. The number of ether oxygens (including phenoxy) is 1. The number of benzene rings is 2. The minimum Gasteiger partial charge on any atom is -0.494 e. The molecule has 5 nitrogen and oxygen atoms in total. The lowest BCUT2D eigenvalue weighted by Crippen LogP contribution is -2.00. The summed E-state index contributed by atoms with van der Waals surface area (Å²) >= 11 is 31.3. The molecule has 1 aliphatic heterocycles. The van der Waals surface area contributed by atoms with Crippen molar-refractivity contribution >= 4 is 91.7 Å². The maximum Gasteiger partial charge on any atom is 0.256 e. The van der Waals surface area contributed by atoms with Gasteiger partial charge in [-0.3, -0.25) is 4.79 Å². The van der Waals surface area contributed by atoms with Crippen molar-refractivity contribution in [3.8, 4) is 5.75 Å². The van der Waals surface area contributed by atoms with E-state index in [4.69, 9.17) is 60.9 Å². The van der Waals surface area contributed by atoms with Crippen LogP contribution in [0.2, 0.25) is 0 Å². The average molecular weight is 676 g/mol. The van der Waals surface area contributed by atoms with Crippen LogP contribution in [0.5, 0.6) is 5.75 Å². The number of ketones is 1. The molecule has 38 heavy (non-hydrogen) atoms. The quantitative estimate of drug-likeness (QED) is 0.0866. The third-order valence-electron chi connectivity index (χ3n) is 5.72. The Morgan fingerprint density at radius 3 is 1.95 bits per heavy atom. The zero-order valence-corrected chi connectivity index (χ0v) is 27.5. The van der Waals surface area contributed by atoms with Crippen LogP contribution >= 0.6 is 74.6 Å². The first kappa shape index (κ1) is 32.3. The van der Waals surface area contributed by atoms with Gasteiger partial charge in [0.25, 0.3) is 11.8 Å². The number of halogens is 5.